The maximum Gasteiger partial charge on any atom is 0.265 e. The van der Waals surface area contributed by atoms with Crippen LogP contribution in [0.1, 0.15) is 0 Å². The summed E-state index contributed by atoms with van der Waals surface area (Å²) in [5.74, 6) is 0.554. The summed E-state index contributed by atoms with van der Waals surface area (Å²) in [6.07, 6.45) is 2.54. The van der Waals surface area contributed by atoms with Gasteiger partial charge in [0.15, 0.2) is 0 Å². The summed E-state index contributed by atoms with van der Waals surface area (Å²) in [4.78, 5) is 0.0702. The molecule has 2 aromatic rings. The average molecular weight is 282 g/mol. The van der Waals surface area contributed by atoms with Crippen molar-refractivity contribution in [1.29, 1.82) is 0 Å². The van der Waals surface area contributed by atoms with Crippen molar-refractivity contribution < 1.29 is 13.2 Å². The van der Waals surface area contributed by atoms with E-state index in [9.17, 15) is 8.42 Å². The fraction of sp³-hybridized carbons (Fsp3) is 0.182. The standard InChI is InChI=1S/C11H14N4O3S/c12-4-5-18-10-3-1-2-9(6-10)15-19(16,17)11-7-13-14-8-11/h1-3,6-8,15H,4-5,12H2,(H,13,14). The van der Waals surface area contributed by atoms with E-state index >= 15 is 0 Å². The second-order valence-electron chi connectivity index (χ2n) is 3.70. The van der Waals surface area contributed by atoms with Crippen molar-refractivity contribution in [3.05, 3.63) is 36.7 Å². The Morgan fingerprint density at radius 1 is 1.42 bits per heavy atom. The largest absolute Gasteiger partial charge is 0.492 e. The predicted octanol–water partition coefficient (Wildman–Crippen LogP) is 0.548. The Labute approximate surface area is 110 Å². The van der Waals surface area contributed by atoms with Gasteiger partial charge in [0, 0.05) is 18.8 Å². The van der Waals surface area contributed by atoms with Gasteiger partial charge in [0.2, 0.25) is 0 Å². The first-order valence-electron chi connectivity index (χ1n) is 5.56. The fourth-order valence-electron chi connectivity index (χ4n) is 1.43. The lowest BCUT2D eigenvalue weighted by atomic mass is 10.3. The van der Waals surface area contributed by atoms with Crippen molar-refractivity contribution in [2.45, 2.75) is 4.90 Å². The highest BCUT2D eigenvalue weighted by atomic mass is 32.2. The van der Waals surface area contributed by atoms with Crippen LogP contribution in [-0.2, 0) is 10.0 Å². The number of rotatable bonds is 6. The molecular formula is C11H14N4O3S. The molecule has 0 unspecified atom stereocenters. The number of nitrogens with one attached hydrogen (secondary N) is 2. The maximum atomic E-state index is 12.0. The third-order valence-electron chi connectivity index (χ3n) is 2.26. The summed E-state index contributed by atoms with van der Waals surface area (Å²) in [6.45, 7) is 0.767. The third kappa shape index (κ3) is 3.46. The molecule has 0 spiro atoms. The van der Waals surface area contributed by atoms with Crippen molar-refractivity contribution in [3.8, 4) is 5.75 Å². The minimum Gasteiger partial charge on any atom is -0.492 e. The SMILES string of the molecule is NCCOc1cccc(NS(=O)(=O)c2cn[nH]c2)c1. The van der Waals surface area contributed by atoms with Gasteiger partial charge in [-0.05, 0) is 12.1 Å². The smallest absolute Gasteiger partial charge is 0.265 e. The summed E-state index contributed by atoms with van der Waals surface area (Å²) in [6, 6.07) is 6.64. The van der Waals surface area contributed by atoms with Gasteiger partial charge in [-0.1, -0.05) is 6.07 Å². The molecule has 4 N–H and O–H groups in total. The topological polar surface area (TPSA) is 110 Å². The van der Waals surface area contributed by atoms with E-state index in [1.165, 1.54) is 12.4 Å². The van der Waals surface area contributed by atoms with Crippen LogP contribution < -0.4 is 15.2 Å². The second-order valence-corrected chi connectivity index (χ2v) is 5.39. The van der Waals surface area contributed by atoms with E-state index in [1.54, 1.807) is 24.3 Å². The van der Waals surface area contributed by atoms with Crippen LogP contribution in [0.3, 0.4) is 0 Å². The minimum absolute atomic E-state index is 0.0702. The quantitative estimate of drug-likeness (QED) is 0.716. The van der Waals surface area contributed by atoms with Crippen molar-refractivity contribution in [3.63, 3.8) is 0 Å². The molecule has 1 heterocycles. The summed E-state index contributed by atoms with van der Waals surface area (Å²) in [7, 11) is -3.63. The number of aromatic nitrogens is 2. The first-order valence-corrected chi connectivity index (χ1v) is 7.04. The molecule has 19 heavy (non-hydrogen) atoms. The van der Waals surface area contributed by atoms with Crippen LogP contribution in [0.4, 0.5) is 5.69 Å². The van der Waals surface area contributed by atoms with Crippen LogP contribution >= 0.6 is 0 Å². The lowest BCUT2D eigenvalue weighted by Crippen LogP contribution is -2.13. The number of nitrogens with zero attached hydrogens (tertiary/aromatic N) is 1. The Morgan fingerprint density at radius 2 is 2.26 bits per heavy atom. The van der Waals surface area contributed by atoms with Crippen molar-refractivity contribution in [2.75, 3.05) is 17.9 Å². The number of aromatic amines is 1. The molecular weight excluding hydrogens is 268 g/mol. The Hall–Kier alpha value is -2.06. The number of ether oxygens (including phenoxy) is 1. The van der Waals surface area contributed by atoms with Crippen LogP contribution in [0.15, 0.2) is 41.6 Å². The highest BCUT2D eigenvalue weighted by molar-refractivity contribution is 7.92. The Bertz CT molecular complexity index is 625. The van der Waals surface area contributed by atoms with Gasteiger partial charge in [0.25, 0.3) is 10.0 Å². The van der Waals surface area contributed by atoms with Gasteiger partial charge in [-0.25, -0.2) is 8.42 Å². The third-order valence-corrected chi connectivity index (χ3v) is 3.60. The molecule has 102 valence electrons. The van der Waals surface area contributed by atoms with Gasteiger partial charge in [-0.3, -0.25) is 9.82 Å². The zero-order valence-corrected chi connectivity index (χ0v) is 10.9. The molecule has 7 nitrogen and oxygen atoms in total. The minimum atomic E-state index is -3.63. The van der Waals surface area contributed by atoms with Crippen LogP contribution in [0.25, 0.3) is 0 Å². The second kappa shape index (κ2) is 5.72. The van der Waals surface area contributed by atoms with Crippen LogP contribution in [0.2, 0.25) is 0 Å². The first-order chi connectivity index (χ1) is 9.12. The van der Waals surface area contributed by atoms with Gasteiger partial charge in [0.1, 0.15) is 17.3 Å². The highest BCUT2D eigenvalue weighted by Crippen LogP contribution is 2.20. The molecule has 0 bridgehead atoms. The normalized spacial score (nSPS) is 11.2. The van der Waals surface area contributed by atoms with E-state index in [0.717, 1.165) is 0 Å². The zero-order chi connectivity index (χ0) is 13.7. The van der Waals surface area contributed by atoms with Crippen LogP contribution in [0.5, 0.6) is 5.75 Å². The molecule has 0 saturated heterocycles. The van der Waals surface area contributed by atoms with Crippen LogP contribution in [-0.4, -0.2) is 31.8 Å². The van der Waals surface area contributed by atoms with E-state index in [4.69, 9.17) is 10.5 Å². The summed E-state index contributed by atoms with van der Waals surface area (Å²) < 4.78 is 31.7. The first kappa shape index (κ1) is 13.4. The van der Waals surface area contributed by atoms with Crippen LogP contribution in [0, 0.1) is 0 Å². The predicted molar refractivity (Wildman–Crippen MR) is 70.4 cm³/mol. The molecule has 0 atom stereocenters. The lowest BCUT2D eigenvalue weighted by molar-refractivity contribution is 0.328. The molecule has 0 fully saturated rings. The number of hydrogen-bond donors (Lipinski definition) is 3. The average Bonchev–Trinajstić information content (AvgIpc) is 2.91. The number of nitrogens with two attached hydrogens (primary N) is 1. The van der Waals surface area contributed by atoms with Crippen molar-refractivity contribution in [1.82, 2.24) is 10.2 Å². The summed E-state index contributed by atoms with van der Waals surface area (Å²) >= 11 is 0. The number of benzene rings is 1. The molecule has 0 amide bonds. The maximum absolute atomic E-state index is 12.0. The van der Waals surface area contributed by atoms with E-state index in [1.807, 2.05) is 0 Å². The van der Waals surface area contributed by atoms with Crippen molar-refractivity contribution in [2.24, 2.45) is 5.73 Å². The molecule has 0 saturated carbocycles. The Morgan fingerprint density at radius 3 is 2.95 bits per heavy atom. The highest BCUT2D eigenvalue weighted by Gasteiger charge is 2.15. The number of anilines is 1. The van der Waals surface area contributed by atoms with Gasteiger partial charge in [-0.15, -0.1) is 0 Å². The zero-order valence-electron chi connectivity index (χ0n) is 10.0. The van der Waals surface area contributed by atoms with Crippen molar-refractivity contribution >= 4 is 15.7 Å². The van der Waals surface area contributed by atoms with E-state index in [-0.39, 0.29) is 4.90 Å². The lowest BCUT2D eigenvalue weighted by Gasteiger charge is -2.09. The Kier molecular flexibility index (Phi) is 4.03. The van der Waals surface area contributed by atoms with E-state index in [2.05, 4.69) is 14.9 Å². The van der Waals surface area contributed by atoms with Gasteiger partial charge in [0.05, 0.1) is 11.9 Å². The number of H-pyrrole nitrogens is 1. The number of sulfonamides is 1. The van der Waals surface area contributed by atoms with Gasteiger partial charge in [-0.2, -0.15) is 5.10 Å². The van der Waals surface area contributed by atoms with E-state index in [0.29, 0.717) is 24.6 Å². The molecule has 0 radical (unpaired) electrons. The molecule has 8 heteroatoms. The summed E-state index contributed by atoms with van der Waals surface area (Å²) in [5.41, 5.74) is 5.75. The molecule has 2 rings (SSSR count). The monoisotopic (exact) mass is 282 g/mol. The Balaban J connectivity index is 2.15. The number of hydrogen-bond acceptors (Lipinski definition) is 5. The van der Waals surface area contributed by atoms with Gasteiger partial charge < -0.3 is 10.5 Å². The fourth-order valence-corrected chi connectivity index (χ4v) is 2.38. The van der Waals surface area contributed by atoms with Gasteiger partial charge >= 0.3 is 0 Å². The molecule has 0 aliphatic heterocycles. The molecule has 0 aliphatic rings. The molecule has 1 aromatic carbocycles. The molecule has 1 aromatic heterocycles. The summed E-state index contributed by atoms with van der Waals surface area (Å²) in [5, 5.41) is 6.06. The van der Waals surface area contributed by atoms with E-state index < -0.39 is 10.0 Å². The molecule has 0 aliphatic carbocycles.